The molecular weight excluding hydrogens is 392 g/mol. The van der Waals surface area contributed by atoms with Crippen LogP contribution in [0.25, 0.3) is 10.1 Å². The number of hydrogen-bond acceptors (Lipinski definition) is 5. The molecule has 0 saturated carbocycles. The molecule has 3 aromatic rings. The Balaban J connectivity index is 1.65. The first-order valence-corrected chi connectivity index (χ1v) is 11.7. The standard InChI is InChI=1S/C21H26N2O3S2/c1-23(2)20(19-15-27-21-7-5-4-6-18(19)21)14-22-28(24,25)13-12-16-8-10-17(26-3)11-9-16/h4-11,15,20,22H,12-14H2,1-3H3. The second-order valence-electron chi connectivity index (χ2n) is 6.93. The molecule has 28 heavy (non-hydrogen) atoms. The van der Waals surface area contributed by atoms with Crippen molar-refractivity contribution in [1.29, 1.82) is 0 Å². The third-order valence-electron chi connectivity index (χ3n) is 4.81. The fourth-order valence-electron chi connectivity index (χ4n) is 3.15. The van der Waals surface area contributed by atoms with Crippen molar-refractivity contribution in [1.82, 2.24) is 9.62 Å². The Hall–Kier alpha value is -1.93. The predicted octanol–water partition coefficient (Wildman–Crippen LogP) is 3.67. The van der Waals surface area contributed by atoms with Crippen molar-refractivity contribution < 1.29 is 13.2 Å². The number of rotatable bonds is 9. The van der Waals surface area contributed by atoms with E-state index >= 15 is 0 Å². The molecule has 0 radical (unpaired) electrons. The molecule has 150 valence electrons. The van der Waals surface area contributed by atoms with Crippen molar-refractivity contribution in [3.05, 3.63) is 65.0 Å². The first kappa shape index (κ1) is 20.8. The Morgan fingerprint density at radius 1 is 1.11 bits per heavy atom. The van der Waals surface area contributed by atoms with Crippen LogP contribution in [0.2, 0.25) is 0 Å². The summed E-state index contributed by atoms with van der Waals surface area (Å²) in [4.78, 5) is 2.06. The Kier molecular flexibility index (Phi) is 6.72. The van der Waals surface area contributed by atoms with E-state index in [2.05, 4.69) is 27.1 Å². The summed E-state index contributed by atoms with van der Waals surface area (Å²) in [6, 6.07) is 15.7. The molecule has 0 fully saturated rings. The average molecular weight is 419 g/mol. The number of aryl methyl sites for hydroxylation is 1. The summed E-state index contributed by atoms with van der Waals surface area (Å²) in [5.74, 6) is 0.825. The Labute approximate surface area is 171 Å². The van der Waals surface area contributed by atoms with Crippen LogP contribution in [0.3, 0.4) is 0 Å². The van der Waals surface area contributed by atoms with E-state index in [0.29, 0.717) is 13.0 Å². The second kappa shape index (κ2) is 9.05. The average Bonchev–Trinajstić information content (AvgIpc) is 3.11. The Morgan fingerprint density at radius 3 is 2.50 bits per heavy atom. The highest BCUT2D eigenvalue weighted by Gasteiger charge is 2.21. The molecule has 3 rings (SSSR count). The van der Waals surface area contributed by atoms with Crippen LogP contribution in [0, 0.1) is 0 Å². The van der Waals surface area contributed by atoms with Crippen LogP contribution in [0.15, 0.2) is 53.9 Å². The van der Waals surface area contributed by atoms with Crippen molar-refractivity contribution in [2.75, 3.05) is 33.5 Å². The number of ether oxygens (including phenoxy) is 1. The number of hydrogen-bond donors (Lipinski definition) is 1. The van der Waals surface area contributed by atoms with Gasteiger partial charge in [-0.25, -0.2) is 13.1 Å². The van der Waals surface area contributed by atoms with Crippen molar-refractivity contribution in [3.63, 3.8) is 0 Å². The van der Waals surface area contributed by atoms with E-state index in [9.17, 15) is 8.42 Å². The van der Waals surface area contributed by atoms with Gasteiger partial charge in [0.05, 0.1) is 12.9 Å². The maximum Gasteiger partial charge on any atom is 0.211 e. The summed E-state index contributed by atoms with van der Waals surface area (Å²) in [6.07, 6.45) is 0.466. The van der Waals surface area contributed by atoms with E-state index in [4.69, 9.17) is 4.74 Å². The minimum absolute atomic E-state index is 0.0214. The minimum Gasteiger partial charge on any atom is -0.497 e. The van der Waals surface area contributed by atoms with Gasteiger partial charge >= 0.3 is 0 Å². The van der Waals surface area contributed by atoms with Crippen LogP contribution in [-0.4, -0.2) is 46.8 Å². The molecular formula is C21H26N2O3S2. The molecule has 0 bridgehead atoms. The van der Waals surface area contributed by atoms with Gasteiger partial charge in [-0.3, -0.25) is 0 Å². The van der Waals surface area contributed by atoms with Crippen molar-refractivity contribution in [2.45, 2.75) is 12.5 Å². The van der Waals surface area contributed by atoms with E-state index in [1.165, 1.54) is 10.1 Å². The molecule has 0 saturated heterocycles. The highest BCUT2D eigenvalue weighted by atomic mass is 32.2. The molecule has 2 aromatic carbocycles. The predicted molar refractivity (Wildman–Crippen MR) is 117 cm³/mol. The quantitative estimate of drug-likeness (QED) is 0.576. The molecule has 1 atom stereocenters. The zero-order valence-corrected chi connectivity index (χ0v) is 18.0. The third kappa shape index (κ3) is 5.11. The highest BCUT2D eigenvalue weighted by molar-refractivity contribution is 7.89. The lowest BCUT2D eigenvalue weighted by molar-refractivity contribution is 0.301. The van der Waals surface area contributed by atoms with Gasteiger partial charge in [-0.1, -0.05) is 30.3 Å². The fraction of sp³-hybridized carbons (Fsp3) is 0.333. The van der Waals surface area contributed by atoms with E-state index in [1.807, 2.05) is 50.5 Å². The lowest BCUT2D eigenvalue weighted by Gasteiger charge is -2.24. The van der Waals surface area contributed by atoms with Gasteiger partial charge < -0.3 is 9.64 Å². The van der Waals surface area contributed by atoms with Crippen molar-refractivity contribution in [2.24, 2.45) is 0 Å². The molecule has 0 aliphatic heterocycles. The normalized spacial score (nSPS) is 13.1. The first-order chi connectivity index (χ1) is 13.4. The van der Waals surface area contributed by atoms with E-state index in [1.54, 1.807) is 18.4 Å². The maximum atomic E-state index is 12.5. The number of thiophene rings is 1. The van der Waals surface area contributed by atoms with Gasteiger partial charge in [-0.15, -0.1) is 11.3 Å². The van der Waals surface area contributed by atoms with Gasteiger partial charge in [0.1, 0.15) is 5.75 Å². The van der Waals surface area contributed by atoms with Crippen LogP contribution in [0.4, 0.5) is 0 Å². The van der Waals surface area contributed by atoms with E-state index < -0.39 is 10.0 Å². The number of methoxy groups -OCH3 is 1. The molecule has 1 aromatic heterocycles. The molecule has 5 nitrogen and oxygen atoms in total. The van der Waals surface area contributed by atoms with Crippen LogP contribution in [0.5, 0.6) is 5.75 Å². The summed E-state index contributed by atoms with van der Waals surface area (Å²) in [5.41, 5.74) is 2.13. The molecule has 1 unspecified atom stereocenters. The number of sulfonamides is 1. The van der Waals surface area contributed by atoms with E-state index in [-0.39, 0.29) is 11.8 Å². The maximum absolute atomic E-state index is 12.5. The summed E-state index contributed by atoms with van der Waals surface area (Å²) in [6.45, 7) is 0.346. The lowest BCUT2D eigenvalue weighted by Crippen LogP contribution is -2.36. The number of benzene rings is 2. The highest BCUT2D eigenvalue weighted by Crippen LogP contribution is 2.32. The lowest BCUT2D eigenvalue weighted by atomic mass is 10.1. The zero-order valence-electron chi connectivity index (χ0n) is 16.4. The number of nitrogens with zero attached hydrogens (tertiary/aromatic N) is 1. The Morgan fingerprint density at radius 2 is 1.82 bits per heavy atom. The monoisotopic (exact) mass is 418 g/mol. The van der Waals surface area contributed by atoms with Gasteiger partial charge in [0.2, 0.25) is 10.0 Å². The molecule has 1 N–H and O–H groups in total. The minimum atomic E-state index is -3.37. The largest absolute Gasteiger partial charge is 0.497 e. The molecule has 7 heteroatoms. The zero-order chi connectivity index (χ0) is 20.1. The van der Waals surface area contributed by atoms with Gasteiger partial charge in [0.15, 0.2) is 0 Å². The van der Waals surface area contributed by atoms with Crippen LogP contribution in [-0.2, 0) is 16.4 Å². The topological polar surface area (TPSA) is 58.6 Å². The third-order valence-corrected chi connectivity index (χ3v) is 7.14. The molecule has 0 aliphatic carbocycles. The van der Waals surface area contributed by atoms with Gasteiger partial charge in [0.25, 0.3) is 0 Å². The smallest absolute Gasteiger partial charge is 0.211 e. The molecule has 0 spiro atoms. The van der Waals surface area contributed by atoms with Gasteiger partial charge in [-0.2, -0.15) is 0 Å². The Bertz CT molecular complexity index is 1010. The van der Waals surface area contributed by atoms with Crippen LogP contribution >= 0.6 is 11.3 Å². The summed E-state index contributed by atoms with van der Waals surface area (Å²) >= 11 is 1.69. The molecule has 1 heterocycles. The molecule has 0 amide bonds. The van der Waals surface area contributed by atoms with Crippen molar-refractivity contribution in [3.8, 4) is 5.75 Å². The summed E-state index contributed by atoms with van der Waals surface area (Å²) in [5, 5.41) is 3.31. The first-order valence-electron chi connectivity index (χ1n) is 9.12. The number of fused-ring (bicyclic) bond motifs is 1. The van der Waals surface area contributed by atoms with Gasteiger partial charge in [0, 0.05) is 17.3 Å². The summed E-state index contributed by atoms with van der Waals surface area (Å²) in [7, 11) is 2.19. The number of likely N-dealkylation sites (N-methyl/N-ethyl adjacent to an activating group) is 1. The van der Waals surface area contributed by atoms with Crippen LogP contribution < -0.4 is 9.46 Å². The second-order valence-corrected chi connectivity index (χ2v) is 9.77. The van der Waals surface area contributed by atoms with E-state index in [0.717, 1.165) is 16.9 Å². The number of nitrogens with one attached hydrogen (secondary N) is 1. The molecule has 0 aliphatic rings. The van der Waals surface area contributed by atoms with Crippen LogP contribution in [0.1, 0.15) is 17.2 Å². The SMILES string of the molecule is COc1ccc(CCS(=O)(=O)NCC(c2csc3ccccc23)N(C)C)cc1. The fourth-order valence-corrected chi connectivity index (χ4v) is 5.22. The van der Waals surface area contributed by atoms with Gasteiger partial charge in [-0.05, 0) is 60.6 Å². The summed E-state index contributed by atoms with van der Waals surface area (Å²) < 4.78 is 34.2. The van der Waals surface area contributed by atoms with Crippen molar-refractivity contribution >= 4 is 31.4 Å².